The molecule has 0 aliphatic rings. The Kier molecular flexibility index (Phi) is 8.43. The van der Waals surface area contributed by atoms with Crippen LogP contribution >= 0.6 is 0 Å². The monoisotopic (exact) mass is 209 g/mol. The first-order valence-corrected chi connectivity index (χ1v) is 4.42. The van der Waals surface area contributed by atoms with Crippen LogP contribution in [0.1, 0.15) is 34.1 Å². The van der Waals surface area contributed by atoms with Gasteiger partial charge in [-0.2, -0.15) is 0 Å². The minimum atomic E-state index is -0.852. The first kappa shape index (κ1) is 15.6. The lowest BCUT2D eigenvalue weighted by molar-refractivity contribution is 0.0600. The number of hydrogen-bond acceptors (Lipinski definition) is 3. The van der Waals surface area contributed by atoms with Gasteiger partial charge in [0.1, 0.15) is 5.60 Å². The van der Waals surface area contributed by atoms with Crippen molar-refractivity contribution in [2.24, 2.45) is 5.73 Å². The SMILES string of the molecule is CC(C)(C)OC(N)=O.CC(F)CCO. The zero-order valence-electron chi connectivity index (χ0n) is 9.21. The number of nitrogens with two attached hydrogens (primary N) is 1. The first-order valence-electron chi connectivity index (χ1n) is 4.42. The van der Waals surface area contributed by atoms with E-state index in [0.29, 0.717) is 0 Å². The van der Waals surface area contributed by atoms with Crippen LogP contribution in [-0.4, -0.2) is 29.6 Å². The van der Waals surface area contributed by atoms with Crippen molar-refractivity contribution < 1.29 is 19.0 Å². The van der Waals surface area contributed by atoms with Gasteiger partial charge in [0.25, 0.3) is 0 Å². The molecule has 14 heavy (non-hydrogen) atoms. The lowest BCUT2D eigenvalue weighted by Gasteiger charge is -2.16. The maximum Gasteiger partial charge on any atom is 0.405 e. The second kappa shape index (κ2) is 7.55. The molecule has 1 amide bonds. The number of ether oxygens (including phenoxy) is 1. The molecule has 0 heterocycles. The van der Waals surface area contributed by atoms with Crippen molar-refractivity contribution in [3.05, 3.63) is 0 Å². The van der Waals surface area contributed by atoms with Gasteiger partial charge in [0.15, 0.2) is 0 Å². The molecule has 0 radical (unpaired) electrons. The maximum atomic E-state index is 11.5. The molecule has 0 aromatic carbocycles. The van der Waals surface area contributed by atoms with Gasteiger partial charge < -0.3 is 15.6 Å². The van der Waals surface area contributed by atoms with Crippen LogP contribution in [0, 0.1) is 0 Å². The summed E-state index contributed by atoms with van der Waals surface area (Å²) in [5.41, 5.74) is 4.26. The van der Waals surface area contributed by atoms with Gasteiger partial charge in [-0.25, -0.2) is 9.18 Å². The van der Waals surface area contributed by atoms with Crippen LogP contribution in [0.3, 0.4) is 0 Å². The summed E-state index contributed by atoms with van der Waals surface area (Å²) >= 11 is 0. The summed E-state index contributed by atoms with van der Waals surface area (Å²) < 4.78 is 16.1. The Morgan fingerprint density at radius 3 is 2.00 bits per heavy atom. The van der Waals surface area contributed by atoms with Crippen LogP contribution in [0.15, 0.2) is 0 Å². The van der Waals surface area contributed by atoms with Crippen molar-refractivity contribution in [2.45, 2.75) is 45.9 Å². The average Bonchev–Trinajstić information content (AvgIpc) is 1.80. The van der Waals surface area contributed by atoms with Gasteiger partial charge in [-0.1, -0.05) is 0 Å². The molecule has 0 saturated carbocycles. The summed E-state index contributed by atoms with van der Waals surface area (Å²) in [6, 6.07) is 0. The van der Waals surface area contributed by atoms with Crippen LogP contribution in [0.2, 0.25) is 0 Å². The van der Waals surface area contributed by atoms with E-state index in [2.05, 4.69) is 4.74 Å². The van der Waals surface area contributed by atoms with E-state index in [0.717, 1.165) is 0 Å². The molecule has 86 valence electrons. The van der Waals surface area contributed by atoms with Gasteiger partial charge in [-0.15, -0.1) is 0 Å². The molecule has 4 nitrogen and oxygen atoms in total. The summed E-state index contributed by atoms with van der Waals surface area (Å²) in [6.45, 7) is 6.67. The van der Waals surface area contributed by atoms with E-state index in [1.165, 1.54) is 6.92 Å². The van der Waals surface area contributed by atoms with Crippen LogP contribution in [0.5, 0.6) is 0 Å². The third-order valence-electron chi connectivity index (χ3n) is 0.934. The molecular formula is C9H20FNO3. The van der Waals surface area contributed by atoms with E-state index in [1.54, 1.807) is 20.8 Å². The van der Waals surface area contributed by atoms with Crippen molar-refractivity contribution in [3.63, 3.8) is 0 Å². The fourth-order valence-electron chi connectivity index (χ4n) is 0.480. The van der Waals surface area contributed by atoms with Crippen molar-refractivity contribution in [2.75, 3.05) is 6.61 Å². The van der Waals surface area contributed by atoms with E-state index in [4.69, 9.17) is 10.8 Å². The number of amides is 1. The minimum Gasteiger partial charge on any atom is -0.444 e. The van der Waals surface area contributed by atoms with Crippen LogP contribution < -0.4 is 5.73 Å². The molecule has 0 aliphatic carbocycles. The van der Waals surface area contributed by atoms with E-state index in [9.17, 15) is 9.18 Å². The zero-order valence-corrected chi connectivity index (χ0v) is 9.21. The summed E-state index contributed by atoms with van der Waals surface area (Å²) in [5.74, 6) is 0. The van der Waals surface area contributed by atoms with E-state index >= 15 is 0 Å². The average molecular weight is 209 g/mol. The van der Waals surface area contributed by atoms with Gasteiger partial charge in [0, 0.05) is 13.0 Å². The second-order valence-electron chi connectivity index (χ2n) is 3.83. The molecule has 0 rings (SSSR count). The van der Waals surface area contributed by atoms with Gasteiger partial charge in [-0.3, -0.25) is 0 Å². The molecule has 0 bridgehead atoms. The van der Waals surface area contributed by atoms with Gasteiger partial charge >= 0.3 is 6.09 Å². The lowest BCUT2D eigenvalue weighted by Crippen LogP contribution is -2.27. The number of hydrogen-bond donors (Lipinski definition) is 2. The summed E-state index contributed by atoms with van der Waals surface area (Å²) in [5, 5.41) is 8.00. The van der Waals surface area contributed by atoms with Crippen molar-refractivity contribution >= 4 is 6.09 Å². The molecule has 0 saturated heterocycles. The molecule has 1 atom stereocenters. The van der Waals surface area contributed by atoms with Crippen LogP contribution in [0.4, 0.5) is 9.18 Å². The summed E-state index contributed by atoms with van der Waals surface area (Å²) in [7, 11) is 0. The Labute approximate surface area is 84.2 Å². The maximum absolute atomic E-state index is 11.5. The van der Waals surface area contributed by atoms with Gasteiger partial charge in [0.2, 0.25) is 0 Å². The molecule has 5 heteroatoms. The van der Waals surface area contributed by atoms with Crippen molar-refractivity contribution in [3.8, 4) is 0 Å². The summed E-state index contributed by atoms with van der Waals surface area (Å²) in [4.78, 5) is 10.0. The van der Waals surface area contributed by atoms with Crippen molar-refractivity contribution in [1.29, 1.82) is 0 Å². The second-order valence-corrected chi connectivity index (χ2v) is 3.83. The Hall–Kier alpha value is -0.840. The smallest absolute Gasteiger partial charge is 0.405 e. The normalized spacial score (nSPS) is 12.4. The standard InChI is InChI=1S/C5H11NO2.C4H9FO/c1-5(2,3)8-4(6)7;1-4(5)2-3-6/h1-3H3,(H2,6,7);4,6H,2-3H2,1H3. The lowest BCUT2D eigenvalue weighted by atomic mass is 10.2. The number of aliphatic hydroxyl groups excluding tert-OH is 1. The number of rotatable bonds is 2. The molecule has 1 unspecified atom stereocenters. The highest BCUT2D eigenvalue weighted by Crippen LogP contribution is 2.04. The highest BCUT2D eigenvalue weighted by Gasteiger charge is 2.12. The molecule has 0 fully saturated rings. The summed E-state index contributed by atoms with van der Waals surface area (Å²) in [6.07, 6.45) is -1.31. The Balaban J connectivity index is 0. The molecule has 0 spiro atoms. The Morgan fingerprint density at radius 1 is 1.57 bits per heavy atom. The highest BCUT2D eigenvalue weighted by molar-refractivity contribution is 5.65. The predicted octanol–water partition coefficient (Wildman–Crippen LogP) is 1.61. The zero-order chi connectivity index (χ0) is 11.8. The third-order valence-corrected chi connectivity index (χ3v) is 0.934. The largest absolute Gasteiger partial charge is 0.444 e. The molecule has 3 N–H and O–H groups in total. The van der Waals surface area contributed by atoms with Crippen LogP contribution in [0.25, 0.3) is 0 Å². The predicted molar refractivity (Wildman–Crippen MR) is 52.7 cm³/mol. The molecule has 0 aromatic rings. The van der Waals surface area contributed by atoms with E-state index in [1.807, 2.05) is 0 Å². The van der Waals surface area contributed by atoms with Crippen LogP contribution in [-0.2, 0) is 4.74 Å². The molecule has 0 aliphatic heterocycles. The fourth-order valence-corrected chi connectivity index (χ4v) is 0.480. The first-order chi connectivity index (χ1) is 6.19. The molecular weight excluding hydrogens is 189 g/mol. The number of carbonyl (C=O) groups excluding carboxylic acids is 1. The topological polar surface area (TPSA) is 72.5 Å². The number of primary amides is 1. The Morgan fingerprint density at radius 2 is 2.00 bits per heavy atom. The van der Waals surface area contributed by atoms with Crippen molar-refractivity contribution in [1.82, 2.24) is 0 Å². The van der Waals surface area contributed by atoms with Gasteiger partial charge in [0.05, 0.1) is 6.17 Å². The number of carbonyl (C=O) groups is 1. The van der Waals surface area contributed by atoms with E-state index < -0.39 is 17.9 Å². The van der Waals surface area contributed by atoms with E-state index in [-0.39, 0.29) is 13.0 Å². The minimum absolute atomic E-state index is 0.0440. The fraction of sp³-hybridized carbons (Fsp3) is 0.889. The Bertz CT molecular complexity index is 155. The number of alkyl halides is 1. The molecule has 0 aromatic heterocycles. The quantitative estimate of drug-likeness (QED) is 0.725. The van der Waals surface area contributed by atoms with Gasteiger partial charge in [-0.05, 0) is 27.7 Å². The number of halogens is 1. The number of aliphatic hydroxyl groups is 1. The highest BCUT2D eigenvalue weighted by atomic mass is 19.1. The third kappa shape index (κ3) is 22.5.